The quantitative estimate of drug-likeness (QED) is 0.764. The second-order valence-electron chi connectivity index (χ2n) is 5.80. The molecule has 1 unspecified atom stereocenters. The van der Waals surface area contributed by atoms with Crippen molar-refractivity contribution >= 4 is 22.1 Å². The molecule has 1 heterocycles. The molecule has 0 bridgehead atoms. The number of ether oxygens (including phenoxy) is 1. The highest BCUT2D eigenvalue weighted by atomic mass is 32.1. The molecule has 2 aromatic carbocycles. The van der Waals surface area contributed by atoms with E-state index < -0.39 is 0 Å². The lowest BCUT2D eigenvalue weighted by Gasteiger charge is -2.17. The van der Waals surface area contributed by atoms with Crippen molar-refractivity contribution in [3.8, 4) is 5.75 Å². The van der Waals surface area contributed by atoms with E-state index in [1.54, 1.807) is 18.4 Å². The highest BCUT2D eigenvalue weighted by Gasteiger charge is 2.19. The third kappa shape index (κ3) is 3.09. The van der Waals surface area contributed by atoms with Gasteiger partial charge in [0.2, 0.25) is 0 Å². The zero-order valence-corrected chi connectivity index (χ0v) is 14.6. The first kappa shape index (κ1) is 16.0. The Balaban J connectivity index is 2.04. The van der Waals surface area contributed by atoms with Crippen LogP contribution in [0.15, 0.2) is 36.4 Å². The van der Waals surface area contributed by atoms with Gasteiger partial charge >= 0.3 is 0 Å². The summed E-state index contributed by atoms with van der Waals surface area (Å²) >= 11 is 1.75. The van der Waals surface area contributed by atoms with Crippen molar-refractivity contribution in [1.82, 2.24) is 4.98 Å². The molecule has 0 aliphatic carbocycles. The average Bonchev–Trinajstić information content (AvgIpc) is 2.91. The van der Waals surface area contributed by atoms with E-state index in [4.69, 9.17) is 15.5 Å². The van der Waals surface area contributed by atoms with Crippen LogP contribution in [0.5, 0.6) is 5.75 Å². The van der Waals surface area contributed by atoms with Crippen LogP contribution in [0.25, 0.3) is 10.8 Å². The number of methoxy groups -OCH3 is 1. The number of hydrogen-bond donors (Lipinski definition) is 1. The highest BCUT2D eigenvalue weighted by Crippen LogP contribution is 2.34. The predicted molar refractivity (Wildman–Crippen MR) is 97.6 cm³/mol. The predicted octanol–water partition coefficient (Wildman–Crippen LogP) is 4.21. The molecule has 2 N–H and O–H groups in total. The van der Waals surface area contributed by atoms with Crippen LogP contribution in [-0.4, -0.2) is 18.6 Å². The Bertz CT molecular complexity index is 806. The Morgan fingerprint density at radius 2 is 1.96 bits per heavy atom. The largest absolute Gasteiger partial charge is 0.496 e. The van der Waals surface area contributed by atoms with Crippen LogP contribution >= 0.6 is 11.3 Å². The van der Waals surface area contributed by atoms with Crippen LogP contribution < -0.4 is 10.5 Å². The lowest BCUT2D eigenvalue weighted by Crippen LogP contribution is -2.15. The van der Waals surface area contributed by atoms with Gasteiger partial charge in [-0.25, -0.2) is 4.98 Å². The molecule has 0 radical (unpaired) electrons. The van der Waals surface area contributed by atoms with Crippen LogP contribution in [0.3, 0.4) is 0 Å². The number of benzene rings is 2. The fraction of sp³-hybridized carbons (Fsp3) is 0.316. The standard InChI is InChI=1S/C19H22N2OS/c1-12-13(2)23-19(21-12)15(11-20)10-17-16-7-5-4-6-14(16)8-9-18(17)22-3/h4-9,15H,10-11,20H2,1-3H3. The molecule has 120 valence electrons. The Kier molecular flexibility index (Phi) is 4.64. The summed E-state index contributed by atoms with van der Waals surface area (Å²) in [6.07, 6.45) is 0.841. The van der Waals surface area contributed by atoms with Crippen LogP contribution in [0, 0.1) is 13.8 Å². The van der Waals surface area contributed by atoms with E-state index in [9.17, 15) is 0 Å². The first-order valence-corrected chi connectivity index (χ1v) is 8.64. The lowest BCUT2D eigenvalue weighted by atomic mass is 9.94. The molecular weight excluding hydrogens is 304 g/mol. The van der Waals surface area contributed by atoms with Crippen molar-refractivity contribution in [3.63, 3.8) is 0 Å². The molecule has 0 aliphatic rings. The highest BCUT2D eigenvalue weighted by molar-refractivity contribution is 7.11. The minimum Gasteiger partial charge on any atom is -0.496 e. The molecule has 0 amide bonds. The molecule has 4 heteroatoms. The first-order valence-electron chi connectivity index (χ1n) is 7.82. The summed E-state index contributed by atoms with van der Waals surface area (Å²) in [5.41, 5.74) is 8.39. The van der Waals surface area contributed by atoms with Crippen molar-refractivity contribution in [2.45, 2.75) is 26.2 Å². The fourth-order valence-electron chi connectivity index (χ4n) is 2.91. The maximum Gasteiger partial charge on any atom is 0.122 e. The van der Waals surface area contributed by atoms with Crippen molar-refractivity contribution in [2.24, 2.45) is 5.73 Å². The van der Waals surface area contributed by atoms with E-state index in [-0.39, 0.29) is 5.92 Å². The van der Waals surface area contributed by atoms with Crippen molar-refractivity contribution in [3.05, 3.63) is 57.5 Å². The number of thiazole rings is 1. The van der Waals surface area contributed by atoms with Gasteiger partial charge in [-0.15, -0.1) is 11.3 Å². The summed E-state index contributed by atoms with van der Waals surface area (Å²) in [4.78, 5) is 5.98. The maximum absolute atomic E-state index is 6.07. The molecule has 3 nitrogen and oxygen atoms in total. The van der Waals surface area contributed by atoms with Gasteiger partial charge in [-0.2, -0.15) is 0 Å². The third-order valence-corrected chi connectivity index (χ3v) is 5.58. The first-order chi connectivity index (χ1) is 11.1. The van der Waals surface area contributed by atoms with Gasteiger partial charge in [0.15, 0.2) is 0 Å². The number of rotatable bonds is 5. The second kappa shape index (κ2) is 6.69. The molecular formula is C19H22N2OS. The summed E-state index contributed by atoms with van der Waals surface area (Å²) in [5, 5.41) is 3.58. The molecule has 1 aromatic heterocycles. The summed E-state index contributed by atoms with van der Waals surface area (Å²) in [6, 6.07) is 12.6. The van der Waals surface area contributed by atoms with Gasteiger partial charge in [0.1, 0.15) is 5.75 Å². The minimum atomic E-state index is 0.215. The van der Waals surface area contributed by atoms with Gasteiger partial charge in [-0.05, 0) is 37.1 Å². The van der Waals surface area contributed by atoms with Crippen molar-refractivity contribution in [1.29, 1.82) is 0 Å². The number of aromatic nitrogens is 1. The number of nitrogens with zero attached hydrogens (tertiary/aromatic N) is 1. The Hall–Kier alpha value is -1.91. The van der Waals surface area contributed by atoms with Crippen LogP contribution in [-0.2, 0) is 6.42 Å². The Morgan fingerprint density at radius 1 is 1.17 bits per heavy atom. The van der Waals surface area contributed by atoms with Crippen molar-refractivity contribution < 1.29 is 4.74 Å². The molecule has 1 atom stereocenters. The monoisotopic (exact) mass is 326 g/mol. The normalized spacial score (nSPS) is 12.5. The van der Waals surface area contributed by atoms with Crippen LogP contribution in [0.2, 0.25) is 0 Å². The number of fused-ring (bicyclic) bond motifs is 1. The maximum atomic E-state index is 6.07. The van der Waals surface area contributed by atoms with Gasteiger partial charge < -0.3 is 10.5 Å². The molecule has 0 aliphatic heterocycles. The van der Waals surface area contributed by atoms with Gasteiger partial charge in [0, 0.05) is 22.9 Å². The summed E-state index contributed by atoms with van der Waals surface area (Å²) in [6.45, 7) is 4.75. The van der Waals surface area contributed by atoms with E-state index in [0.717, 1.165) is 22.9 Å². The molecule has 0 fully saturated rings. The molecule has 3 rings (SSSR count). The Morgan fingerprint density at radius 3 is 2.61 bits per heavy atom. The third-order valence-electron chi connectivity index (χ3n) is 4.35. The van der Waals surface area contributed by atoms with Gasteiger partial charge in [0.05, 0.1) is 17.8 Å². The number of nitrogens with two attached hydrogens (primary N) is 1. The van der Waals surface area contributed by atoms with Crippen LogP contribution in [0.4, 0.5) is 0 Å². The topological polar surface area (TPSA) is 48.1 Å². The summed E-state index contributed by atoms with van der Waals surface area (Å²) in [7, 11) is 1.72. The zero-order chi connectivity index (χ0) is 16.4. The van der Waals surface area contributed by atoms with E-state index in [0.29, 0.717) is 6.54 Å². The number of aryl methyl sites for hydroxylation is 2. The van der Waals surface area contributed by atoms with Gasteiger partial charge in [0.25, 0.3) is 0 Å². The molecule has 23 heavy (non-hydrogen) atoms. The smallest absolute Gasteiger partial charge is 0.122 e. The summed E-state index contributed by atoms with van der Waals surface area (Å²) in [5.74, 6) is 1.14. The zero-order valence-electron chi connectivity index (χ0n) is 13.8. The van der Waals surface area contributed by atoms with E-state index in [1.165, 1.54) is 21.2 Å². The van der Waals surface area contributed by atoms with Gasteiger partial charge in [-0.1, -0.05) is 30.3 Å². The molecule has 0 saturated heterocycles. The Labute approximate surface area is 141 Å². The van der Waals surface area contributed by atoms with E-state index in [2.05, 4.69) is 44.2 Å². The average molecular weight is 326 g/mol. The van der Waals surface area contributed by atoms with Gasteiger partial charge in [-0.3, -0.25) is 0 Å². The van der Waals surface area contributed by atoms with Crippen molar-refractivity contribution in [2.75, 3.05) is 13.7 Å². The van der Waals surface area contributed by atoms with E-state index >= 15 is 0 Å². The number of hydrogen-bond acceptors (Lipinski definition) is 4. The summed E-state index contributed by atoms with van der Waals surface area (Å²) < 4.78 is 5.61. The van der Waals surface area contributed by atoms with Crippen LogP contribution in [0.1, 0.15) is 27.1 Å². The molecule has 0 saturated carbocycles. The minimum absolute atomic E-state index is 0.215. The second-order valence-corrected chi connectivity index (χ2v) is 7.03. The lowest BCUT2D eigenvalue weighted by molar-refractivity contribution is 0.409. The van der Waals surface area contributed by atoms with E-state index in [1.807, 2.05) is 6.07 Å². The fourth-order valence-corrected chi connectivity index (χ4v) is 3.94. The SMILES string of the molecule is COc1ccc2ccccc2c1CC(CN)c1nc(C)c(C)s1. The molecule has 3 aromatic rings. The molecule has 0 spiro atoms.